The number of anilines is 1. The number of hydrogen-bond acceptors (Lipinski definition) is 3. The van der Waals surface area contributed by atoms with Crippen LogP contribution in [0.15, 0.2) is 29.4 Å². The molecule has 0 amide bonds. The fourth-order valence-electron chi connectivity index (χ4n) is 1.60. The minimum Gasteiger partial charge on any atom is -0.386 e. The second kappa shape index (κ2) is 3.29. The van der Waals surface area contributed by atoms with Gasteiger partial charge in [-0.3, -0.25) is 5.01 Å². The molecule has 0 fully saturated rings. The summed E-state index contributed by atoms with van der Waals surface area (Å²) in [5.74, 6) is 0.345. The average Bonchev–Trinajstić information content (AvgIpc) is 2.45. The van der Waals surface area contributed by atoms with Crippen LogP contribution in [0.3, 0.4) is 0 Å². The maximum absolute atomic E-state index is 12.9. The molecule has 0 aromatic heterocycles. The summed E-state index contributed by atoms with van der Waals surface area (Å²) in [6, 6.07) is 6.57. The molecule has 1 heterocycles. The summed E-state index contributed by atoms with van der Waals surface area (Å²) in [5.41, 5.74) is 6.35. The van der Waals surface area contributed by atoms with E-state index >= 15 is 0 Å². The minimum absolute atomic E-state index is 0.205. The summed E-state index contributed by atoms with van der Waals surface area (Å²) >= 11 is 0. The Morgan fingerprint density at radius 1 is 1.57 bits per heavy atom. The van der Waals surface area contributed by atoms with Crippen molar-refractivity contribution in [1.29, 1.82) is 0 Å². The Morgan fingerprint density at radius 2 is 2.36 bits per heavy atom. The highest BCUT2D eigenvalue weighted by atomic mass is 19.1. The number of nitrogens with two attached hydrogens (primary N) is 1. The van der Waals surface area contributed by atoms with Gasteiger partial charge in [0.25, 0.3) is 0 Å². The van der Waals surface area contributed by atoms with Gasteiger partial charge in [0.2, 0.25) is 0 Å². The Hall–Kier alpha value is -1.58. The largest absolute Gasteiger partial charge is 0.386 e. The van der Waals surface area contributed by atoms with Crippen molar-refractivity contribution in [3.63, 3.8) is 0 Å². The molecule has 0 saturated carbocycles. The van der Waals surface area contributed by atoms with E-state index in [-0.39, 0.29) is 11.9 Å². The van der Waals surface area contributed by atoms with Gasteiger partial charge in [0.05, 0.1) is 11.7 Å². The molecule has 0 saturated heterocycles. The molecule has 1 aliphatic heterocycles. The van der Waals surface area contributed by atoms with Crippen molar-refractivity contribution in [3.8, 4) is 0 Å². The van der Waals surface area contributed by atoms with Gasteiger partial charge >= 0.3 is 0 Å². The molecule has 0 spiro atoms. The van der Waals surface area contributed by atoms with Gasteiger partial charge in [0.15, 0.2) is 0 Å². The first-order valence-corrected chi connectivity index (χ1v) is 4.54. The third kappa shape index (κ3) is 1.55. The molecular weight excluding hydrogens is 181 g/mol. The third-order valence-corrected chi connectivity index (χ3v) is 2.23. The molecule has 1 atom stereocenters. The summed E-state index contributed by atoms with van der Waals surface area (Å²) in [7, 11) is 0. The standard InChI is InChI=1S/C10H12FN3/c1-7-5-10(12)13-14(7)9-4-2-3-8(11)6-9/h2-4,6-7H,5H2,1H3,(H2,12,13). The lowest BCUT2D eigenvalue weighted by Gasteiger charge is -2.19. The van der Waals surface area contributed by atoms with Gasteiger partial charge < -0.3 is 5.73 Å². The SMILES string of the molecule is CC1CC(N)=NN1c1cccc(F)c1. The fourth-order valence-corrected chi connectivity index (χ4v) is 1.60. The molecule has 74 valence electrons. The number of hydrogen-bond donors (Lipinski definition) is 1. The van der Waals surface area contributed by atoms with Crippen molar-refractivity contribution in [2.75, 3.05) is 5.01 Å². The van der Waals surface area contributed by atoms with Crippen LogP contribution < -0.4 is 10.7 Å². The lowest BCUT2D eigenvalue weighted by Crippen LogP contribution is -2.22. The van der Waals surface area contributed by atoms with Crippen LogP contribution in [-0.2, 0) is 0 Å². The predicted molar refractivity (Wildman–Crippen MR) is 54.6 cm³/mol. The molecule has 2 rings (SSSR count). The molecule has 2 N–H and O–H groups in total. The van der Waals surface area contributed by atoms with E-state index in [1.807, 2.05) is 13.0 Å². The summed E-state index contributed by atoms with van der Waals surface area (Å²) in [6.07, 6.45) is 0.733. The first kappa shape index (κ1) is 8.99. The van der Waals surface area contributed by atoms with Crippen molar-refractivity contribution in [3.05, 3.63) is 30.1 Å². The zero-order valence-electron chi connectivity index (χ0n) is 7.94. The lowest BCUT2D eigenvalue weighted by molar-refractivity contribution is 0.625. The van der Waals surface area contributed by atoms with E-state index < -0.39 is 0 Å². The minimum atomic E-state index is -0.254. The van der Waals surface area contributed by atoms with E-state index in [4.69, 9.17) is 5.73 Å². The van der Waals surface area contributed by atoms with Gasteiger partial charge in [-0.05, 0) is 25.1 Å². The highest BCUT2D eigenvalue weighted by molar-refractivity contribution is 5.84. The molecule has 1 aliphatic rings. The number of hydrazone groups is 1. The maximum atomic E-state index is 12.9. The van der Waals surface area contributed by atoms with Crippen molar-refractivity contribution < 1.29 is 4.39 Å². The fraction of sp³-hybridized carbons (Fsp3) is 0.300. The molecule has 1 unspecified atom stereocenters. The smallest absolute Gasteiger partial charge is 0.125 e. The van der Waals surface area contributed by atoms with Gasteiger partial charge in [-0.15, -0.1) is 0 Å². The first-order chi connectivity index (χ1) is 6.66. The number of benzene rings is 1. The highest BCUT2D eigenvalue weighted by Crippen LogP contribution is 2.23. The van der Waals surface area contributed by atoms with Gasteiger partial charge in [-0.2, -0.15) is 5.10 Å². The summed E-state index contributed by atoms with van der Waals surface area (Å²) in [5, 5.41) is 5.89. The summed E-state index contributed by atoms with van der Waals surface area (Å²) in [4.78, 5) is 0. The summed E-state index contributed by atoms with van der Waals surface area (Å²) in [6.45, 7) is 2.01. The van der Waals surface area contributed by atoms with Crippen LogP contribution in [0.25, 0.3) is 0 Å². The van der Waals surface area contributed by atoms with Crippen molar-refractivity contribution in [2.24, 2.45) is 10.8 Å². The van der Waals surface area contributed by atoms with Gasteiger partial charge in [0, 0.05) is 6.42 Å². The molecular formula is C10H12FN3. The Bertz CT molecular complexity index is 375. The van der Waals surface area contributed by atoms with Gasteiger partial charge in [-0.25, -0.2) is 4.39 Å². The Labute approximate surface area is 82.0 Å². The van der Waals surface area contributed by atoms with E-state index in [2.05, 4.69) is 5.10 Å². The molecule has 0 aliphatic carbocycles. The third-order valence-electron chi connectivity index (χ3n) is 2.23. The quantitative estimate of drug-likeness (QED) is 0.737. The topological polar surface area (TPSA) is 41.6 Å². The van der Waals surface area contributed by atoms with Crippen molar-refractivity contribution in [1.82, 2.24) is 0 Å². The van der Waals surface area contributed by atoms with Crippen LogP contribution in [-0.4, -0.2) is 11.9 Å². The van der Waals surface area contributed by atoms with Crippen LogP contribution in [0.2, 0.25) is 0 Å². The second-order valence-electron chi connectivity index (χ2n) is 3.47. The Balaban J connectivity index is 2.31. The number of rotatable bonds is 1. The van der Waals surface area contributed by atoms with Crippen molar-refractivity contribution >= 4 is 11.5 Å². The average molecular weight is 193 g/mol. The number of amidine groups is 1. The molecule has 0 radical (unpaired) electrons. The zero-order chi connectivity index (χ0) is 10.1. The second-order valence-corrected chi connectivity index (χ2v) is 3.47. The van der Waals surface area contributed by atoms with Gasteiger partial charge in [-0.1, -0.05) is 6.07 Å². The maximum Gasteiger partial charge on any atom is 0.125 e. The molecule has 1 aromatic rings. The van der Waals surface area contributed by atoms with E-state index in [1.54, 1.807) is 11.1 Å². The first-order valence-electron chi connectivity index (χ1n) is 4.54. The van der Waals surface area contributed by atoms with Gasteiger partial charge in [0.1, 0.15) is 11.7 Å². The Kier molecular flexibility index (Phi) is 2.11. The monoisotopic (exact) mass is 193 g/mol. The van der Waals surface area contributed by atoms with E-state index in [0.717, 1.165) is 12.1 Å². The number of nitrogens with zero attached hydrogens (tertiary/aromatic N) is 2. The van der Waals surface area contributed by atoms with Crippen LogP contribution in [0.4, 0.5) is 10.1 Å². The molecule has 0 bridgehead atoms. The molecule has 3 nitrogen and oxygen atoms in total. The van der Waals surface area contributed by atoms with E-state index in [0.29, 0.717) is 5.84 Å². The summed E-state index contributed by atoms with van der Waals surface area (Å²) < 4.78 is 12.9. The van der Waals surface area contributed by atoms with Crippen molar-refractivity contribution in [2.45, 2.75) is 19.4 Å². The van der Waals surface area contributed by atoms with Crippen LogP contribution >= 0.6 is 0 Å². The number of halogens is 1. The highest BCUT2D eigenvalue weighted by Gasteiger charge is 2.22. The van der Waals surface area contributed by atoms with E-state index in [9.17, 15) is 4.39 Å². The lowest BCUT2D eigenvalue weighted by atomic mass is 10.2. The molecule has 4 heteroatoms. The predicted octanol–water partition coefficient (Wildman–Crippen LogP) is 1.70. The molecule has 1 aromatic carbocycles. The van der Waals surface area contributed by atoms with Crippen LogP contribution in [0.5, 0.6) is 0 Å². The Morgan fingerprint density at radius 3 is 2.93 bits per heavy atom. The molecule has 14 heavy (non-hydrogen) atoms. The van der Waals surface area contributed by atoms with Crippen LogP contribution in [0.1, 0.15) is 13.3 Å². The normalized spacial score (nSPS) is 21.1. The van der Waals surface area contributed by atoms with Crippen LogP contribution in [0, 0.1) is 5.82 Å². The zero-order valence-corrected chi connectivity index (χ0v) is 7.94. The van der Waals surface area contributed by atoms with E-state index in [1.165, 1.54) is 12.1 Å².